The zero-order valence-corrected chi connectivity index (χ0v) is 10.5. The number of ether oxygens (including phenoxy) is 1. The van der Waals surface area contributed by atoms with Gasteiger partial charge in [0, 0.05) is 6.42 Å². The fourth-order valence-electron chi connectivity index (χ4n) is 1.60. The maximum Gasteiger partial charge on any atom is 0.233 e. The number of hydrazine groups is 1. The van der Waals surface area contributed by atoms with Gasteiger partial charge in [-0.1, -0.05) is 0 Å². The van der Waals surface area contributed by atoms with Crippen molar-refractivity contribution < 1.29 is 14.5 Å². The summed E-state index contributed by atoms with van der Waals surface area (Å²) in [6.07, 6.45) is 0.703. The van der Waals surface area contributed by atoms with E-state index < -0.39 is 0 Å². The predicted molar refractivity (Wildman–Crippen MR) is 58.5 cm³/mol. The molecule has 0 aromatic rings. The van der Waals surface area contributed by atoms with Crippen LogP contribution in [-0.4, -0.2) is 41.4 Å². The van der Waals surface area contributed by atoms with Crippen LogP contribution in [0.4, 0.5) is 0 Å². The zero-order valence-electron chi connectivity index (χ0n) is 10.5. The van der Waals surface area contributed by atoms with Crippen LogP contribution in [0, 0.1) is 5.21 Å². The molecular weight excluding hydrogens is 210 g/mol. The topological polar surface area (TPSA) is 60.1 Å². The molecule has 6 heteroatoms. The third-order valence-corrected chi connectivity index (χ3v) is 2.43. The molecule has 94 valence electrons. The standard InChI is InChI=1S/C10H21N3O3/c1-5-12(10(2,3)4)13(14)11-16-9-6-7-15-8-9/h9H,5-8H2,1-4H3/b13-11-/t9-/m0/s1. The Hall–Kier alpha value is -1.04. The largest absolute Gasteiger partial charge is 0.569 e. The zero-order chi connectivity index (χ0) is 12.2. The van der Waals surface area contributed by atoms with E-state index in [0.29, 0.717) is 24.7 Å². The summed E-state index contributed by atoms with van der Waals surface area (Å²) in [5, 5.41) is 16.8. The van der Waals surface area contributed by atoms with E-state index in [1.54, 1.807) is 5.01 Å². The van der Waals surface area contributed by atoms with Crippen LogP contribution in [0.25, 0.3) is 0 Å². The summed E-state index contributed by atoms with van der Waals surface area (Å²) in [7, 11) is 0. The van der Waals surface area contributed by atoms with Gasteiger partial charge in [-0.2, -0.15) is 0 Å². The molecule has 1 aliphatic heterocycles. The van der Waals surface area contributed by atoms with Crippen molar-refractivity contribution in [3.8, 4) is 0 Å². The van der Waals surface area contributed by atoms with E-state index in [-0.39, 0.29) is 11.6 Å². The van der Waals surface area contributed by atoms with E-state index in [0.717, 1.165) is 6.42 Å². The van der Waals surface area contributed by atoms with Gasteiger partial charge in [-0.3, -0.25) is 0 Å². The van der Waals surface area contributed by atoms with Gasteiger partial charge < -0.3 is 14.8 Å². The molecule has 1 rings (SSSR count). The van der Waals surface area contributed by atoms with Crippen molar-refractivity contribution >= 4 is 0 Å². The maximum atomic E-state index is 11.7. The Morgan fingerprint density at radius 1 is 1.56 bits per heavy atom. The molecule has 0 saturated carbocycles. The summed E-state index contributed by atoms with van der Waals surface area (Å²) in [6, 6.07) is 0. The Morgan fingerprint density at radius 2 is 2.25 bits per heavy atom. The molecule has 6 nitrogen and oxygen atoms in total. The highest BCUT2D eigenvalue weighted by atomic mass is 16.7. The predicted octanol–water partition coefficient (Wildman–Crippen LogP) is 1.70. The first-order chi connectivity index (χ1) is 7.45. The smallest absolute Gasteiger partial charge is 0.233 e. The fourth-order valence-corrected chi connectivity index (χ4v) is 1.60. The van der Waals surface area contributed by atoms with E-state index in [1.165, 1.54) is 0 Å². The van der Waals surface area contributed by atoms with E-state index in [4.69, 9.17) is 9.57 Å². The minimum absolute atomic E-state index is 0.0878. The second-order valence-electron chi connectivity index (χ2n) is 4.81. The van der Waals surface area contributed by atoms with Gasteiger partial charge in [-0.15, -0.1) is 5.01 Å². The number of nitrogens with zero attached hydrogens (tertiary/aromatic N) is 3. The lowest BCUT2D eigenvalue weighted by molar-refractivity contribution is -0.725. The number of rotatable bonds is 4. The van der Waals surface area contributed by atoms with Crippen molar-refractivity contribution in [2.45, 2.75) is 45.8 Å². The Kier molecular flexibility index (Phi) is 4.35. The fraction of sp³-hybridized carbons (Fsp3) is 1.00. The van der Waals surface area contributed by atoms with Crippen LogP contribution in [0.1, 0.15) is 34.1 Å². The highest BCUT2D eigenvalue weighted by Crippen LogP contribution is 2.14. The van der Waals surface area contributed by atoms with Gasteiger partial charge in [0.15, 0.2) is 6.10 Å². The second-order valence-corrected chi connectivity index (χ2v) is 4.81. The minimum atomic E-state index is -0.268. The Balaban J connectivity index is 2.52. The van der Waals surface area contributed by atoms with Crippen LogP contribution in [0.3, 0.4) is 0 Å². The lowest BCUT2D eigenvalue weighted by atomic mass is 10.1. The summed E-state index contributed by atoms with van der Waals surface area (Å²) in [5.41, 5.74) is -0.268. The van der Waals surface area contributed by atoms with E-state index in [1.807, 2.05) is 27.7 Å². The first kappa shape index (κ1) is 13.0. The van der Waals surface area contributed by atoms with Crippen molar-refractivity contribution in [1.29, 1.82) is 0 Å². The van der Waals surface area contributed by atoms with Gasteiger partial charge in [-0.25, -0.2) is 0 Å². The first-order valence-electron chi connectivity index (χ1n) is 5.64. The van der Waals surface area contributed by atoms with Crippen molar-refractivity contribution in [2.24, 2.45) is 5.28 Å². The molecule has 0 N–H and O–H groups in total. The highest BCUT2D eigenvalue weighted by Gasteiger charge is 2.27. The van der Waals surface area contributed by atoms with Crippen molar-refractivity contribution in [2.75, 3.05) is 19.8 Å². The van der Waals surface area contributed by atoms with Crippen LogP contribution in [0.2, 0.25) is 0 Å². The van der Waals surface area contributed by atoms with Crippen LogP contribution in [0.5, 0.6) is 0 Å². The minimum Gasteiger partial charge on any atom is -0.569 e. The monoisotopic (exact) mass is 231 g/mol. The quantitative estimate of drug-likeness (QED) is 0.420. The molecule has 16 heavy (non-hydrogen) atoms. The second kappa shape index (κ2) is 5.34. The molecule has 0 aromatic carbocycles. The van der Waals surface area contributed by atoms with Crippen LogP contribution in [-0.2, 0) is 9.57 Å². The molecule has 1 fully saturated rings. The molecule has 0 bridgehead atoms. The Labute approximate surface area is 96.3 Å². The molecule has 1 heterocycles. The molecule has 0 radical (unpaired) electrons. The summed E-state index contributed by atoms with van der Waals surface area (Å²) >= 11 is 0. The van der Waals surface area contributed by atoms with E-state index >= 15 is 0 Å². The SMILES string of the molecule is CCN(/[N+]([O-])=N/O[C@H]1CCOC1)C(C)(C)C. The van der Waals surface area contributed by atoms with Crippen LogP contribution < -0.4 is 0 Å². The maximum absolute atomic E-state index is 11.7. The van der Waals surface area contributed by atoms with Crippen LogP contribution in [0.15, 0.2) is 5.28 Å². The third-order valence-electron chi connectivity index (χ3n) is 2.43. The molecular formula is C10H21N3O3. The normalized spacial score (nSPS) is 22.2. The van der Waals surface area contributed by atoms with Crippen molar-refractivity contribution in [1.82, 2.24) is 5.01 Å². The van der Waals surface area contributed by atoms with Gasteiger partial charge in [-0.05, 0) is 27.7 Å². The van der Waals surface area contributed by atoms with Gasteiger partial charge in [0.05, 0.1) is 30.3 Å². The molecule has 1 atom stereocenters. The Morgan fingerprint density at radius 3 is 2.69 bits per heavy atom. The Bertz CT molecular complexity index is 244. The average molecular weight is 231 g/mol. The lowest BCUT2D eigenvalue weighted by Gasteiger charge is -2.29. The first-order valence-corrected chi connectivity index (χ1v) is 5.64. The lowest BCUT2D eigenvalue weighted by Crippen LogP contribution is -2.45. The molecule has 0 aromatic heterocycles. The number of hydrogen-bond donors (Lipinski definition) is 0. The molecule has 0 spiro atoms. The average Bonchev–Trinajstić information content (AvgIpc) is 2.65. The summed E-state index contributed by atoms with van der Waals surface area (Å²) in [6.45, 7) is 9.54. The summed E-state index contributed by atoms with van der Waals surface area (Å²) < 4.78 is 5.12. The van der Waals surface area contributed by atoms with E-state index in [9.17, 15) is 5.21 Å². The summed E-state index contributed by atoms with van der Waals surface area (Å²) in [4.78, 5) is 5.64. The van der Waals surface area contributed by atoms with Gasteiger partial charge >= 0.3 is 0 Å². The number of hydrogen-bond acceptors (Lipinski definition) is 4. The van der Waals surface area contributed by atoms with Crippen LogP contribution >= 0.6 is 0 Å². The molecule has 0 amide bonds. The highest BCUT2D eigenvalue weighted by molar-refractivity contribution is 4.67. The van der Waals surface area contributed by atoms with Gasteiger partial charge in [0.2, 0.25) is 5.28 Å². The third kappa shape index (κ3) is 3.52. The molecule has 0 aliphatic carbocycles. The van der Waals surface area contributed by atoms with Crippen molar-refractivity contribution in [3.63, 3.8) is 0 Å². The summed E-state index contributed by atoms with van der Waals surface area (Å²) in [5.74, 6) is 0. The van der Waals surface area contributed by atoms with E-state index in [2.05, 4.69) is 5.28 Å². The molecule has 1 aliphatic rings. The molecule has 1 saturated heterocycles. The molecule has 0 unspecified atom stereocenters. The van der Waals surface area contributed by atoms with Gasteiger partial charge in [0.25, 0.3) is 0 Å². The van der Waals surface area contributed by atoms with Gasteiger partial charge in [0.1, 0.15) is 0 Å². The van der Waals surface area contributed by atoms with Crippen molar-refractivity contribution in [3.05, 3.63) is 5.21 Å².